The number of ether oxygens (including phenoxy) is 2. The number of rotatable bonds is 8. The third kappa shape index (κ3) is 6.35. The summed E-state index contributed by atoms with van der Waals surface area (Å²) >= 11 is 2.09. The molecule has 0 saturated heterocycles. The van der Waals surface area contributed by atoms with Gasteiger partial charge in [0.05, 0.1) is 10.2 Å². The van der Waals surface area contributed by atoms with Crippen molar-refractivity contribution < 1.29 is 18.7 Å². The van der Waals surface area contributed by atoms with Crippen LogP contribution in [0.4, 0.5) is 10.1 Å². The lowest BCUT2D eigenvalue weighted by molar-refractivity contribution is -0.112. The van der Waals surface area contributed by atoms with E-state index in [0.29, 0.717) is 38.5 Å². The number of carbonyl (C=O) groups is 1. The first-order valence-corrected chi connectivity index (χ1v) is 11.7. The molecule has 5 nitrogen and oxygen atoms in total. The van der Waals surface area contributed by atoms with E-state index >= 15 is 0 Å². The van der Waals surface area contributed by atoms with Gasteiger partial charge in [0, 0.05) is 11.3 Å². The van der Waals surface area contributed by atoms with Crippen LogP contribution >= 0.6 is 22.6 Å². The first kappa shape index (κ1) is 25.2. The van der Waals surface area contributed by atoms with Gasteiger partial charge in [-0.3, -0.25) is 4.79 Å². The SMILES string of the molecule is CCOc1cc(/C=C(\C#N)C(=O)Nc2ccc(C)c(C)c2)cc(I)c1OCc1ccccc1F. The molecule has 0 fully saturated rings. The lowest BCUT2D eigenvalue weighted by Crippen LogP contribution is -2.13. The molecule has 0 aliphatic rings. The van der Waals surface area contributed by atoms with E-state index in [2.05, 4.69) is 27.9 Å². The summed E-state index contributed by atoms with van der Waals surface area (Å²) in [7, 11) is 0. The van der Waals surface area contributed by atoms with E-state index in [-0.39, 0.29) is 18.0 Å². The van der Waals surface area contributed by atoms with Gasteiger partial charge in [-0.15, -0.1) is 0 Å². The summed E-state index contributed by atoms with van der Waals surface area (Å²) in [6.45, 7) is 6.22. The van der Waals surface area contributed by atoms with Crippen molar-refractivity contribution in [2.45, 2.75) is 27.4 Å². The van der Waals surface area contributed by atoms with Gasteiger partial charge >= 0.3 is 0 Å². The van der Waals surface area contributed by atoms with Gasteiger partial charge < -0.3 is 14.8 Å². The van der Waals surface area contributed by atoms with Crippen LogP contribution in [0.5, 0.6) is 11.5 Å². The maximum absolute atomic E-state index is 14.0. The molecule has 0 radical (unpaired) electrons. The summed E-state index contributed by atoms with van der Waals surface area (Å²) in [5.74, 6) is 0.0758. The maximum atomic E-state index is 14.0. The summed E-state index contributed by atoms with van der Waals surface area (Å²) in [6, 6.07) is 17.4. The Hall–Kier alpha value is -3.38. The molecule has 0 aromatic heterocycles. The van der Waals surface area contributed by atoms with E-state index in [1.165, 1.54) is 12.1 Å². The standard InChI is InChI=1S/C27H24FIN2O3/c1-4-33-25-14-19(13-24(29)26(25)34-16-20-7-5-6-8-23(20)28)12-21(15-30)27(32)31-22-10-9-17(2)18(3)11-22/h5-14H,4,16H2,1-3H3,(H,31,32)/b21-12+. The average molecular weight is 570 g/mol. The highest BCUT2D eigenvalue weighted by Gasteiger charge is 2.15. The Labute approximate surface area is 212 Å². The number of nitrogens with one attached hydrogen (secondary N) is 1. The van der Waals surface area contributed by atoms with Crippen molar-refractivity contribution in [2.24, 2.45) is 0 Å². The lowest BCUT2D eigenvalue weighted by atomic mass is 10.1. The van der Waals surface area contributed by atoms with Crippen LogP contribution < -0.4 is 14.8 Å². The topological polar surface area (TPSA) is 71.3 Å². The fourth-order valence-corrected chi connectivity index (χ4v) is 3.95. The third-order valence-corrected chi connectivity index (χ3v) is 5.90. The molecule has 3 rings (SSSR count). The number of hydrogen-bond acceptors (Lipinski definition) is 4. The van der Waals surface area contributed by atoms with Crippen molar-refractivity contribution >= 4 is 40.3 Å². The van der Waals surface area contributed by atoms with Crippen LogP contribution in [0.1, 0.15) is 29.2 Å². The maximum Gasteiger partial charge on any atom is 0.266 e. The predicted octanol–water partition coefficient (Wildman–Crippen LogP) is 6.57. The first-order valence-electron chi connectivity index (χ1n) is 10.6. The third-order valence-electron chi connectivity index (χ3n) is 5.10. The molecule has 0 heterocycles. The molecular weight excluding hydrogens is 546 g/mol. The molecule has 0 saturated carbocycles. The monoisotopic (exact) mass is 570 g/mol. The number of halogens is 2. The summed E-state index contributed by atoms with van der Waals surface area (Å²) in [6.07, 6.45) is 1.50. The highest BCUT2D eigenvalue weighted by atomic mass is 127. The molecule has 0 bridgehead atoms. The van der Waals surface area contributed by atoms with E-state index in [1.807, 2.05) is 39.0 Å². The van der Waals surface area contributed by atoms with Crippen LogP contribution in [0, 0.1) is 34.6 Å². The fraction of sp³-hybridized carbons (Fsp3) is 0.185. The minimum atomic E-state index is -0.501. The molecule has 1 amide bonds. The quantitative estimate of drug-likeness (QED) is 0.189. The van der Waals surface area contributed by atoms with E-state index in [9.17, 15) is 14.4 Å². The van der Waals surface area contributed by atoms with Crippen molar-refractivity contribution in [3.63, 3.8) is 0 Å². The molecule has 34 heavy (non-hydrogen) atoms. The molecule has 0 atom stereocenters. The Balaban J connectivity index is 1.86. The Morgan fingerprint density at radius 2 is 1.88 bits per heavy atom. The summed E-state index contributed by atoms with van der Waals surface area (Å²) in [4.78, 5) is 12.7. The molecule has 3 aromatic carbocycles. The lowest BCUT2D eigenvalue weighted by Gasteiger charge is -2.15. The summed E-state index contributed by atoms with van der Waals surface area (Å²) in [5, 5.41) is 12.4. The smallest absolute Gasteiger partial charge is 0.266 e. The normalized spacial score (nSPS) is 11.0. The van der Waals surface area contributed by atoms with E-state index < -0.39 is 5.91 Å². The molecule has 0 unspecified atom stereocenters. The van der Waals surface area contributed by atoms with Gasteiger partial charge in [0.15, 0.2) is 11.5 Å². The second kappa shape index (κ2) is 11.7. The van der Waals surface area contributed by atoms with Crippen LogP contribution in [0.2, 0.25) is 0 Å². The molecule has 0 aliphatic carbocycles. The highest BCUT2D eigenvalue weighted by molar-refractivity contribution is 14.1. The van der Waals surface area contributed by atoms with Gasteiger partial charge in [0.2, 0.25) is 0 Å². The van der Waals surface area contributed by atoms with Crippen molar-refractivity contribution in [2.75, 3.05) is 11.9 Å². The second-order valence-corrected chi connectivity index (χ2v) is 8.73. The number of nitriles is 1. The Kier molecular flexibility index (Phi) is 8.66. The van der Waals surface area contributed by atoms with Gasteiger partial charge in [-0.1, -0.05) is 24.3 Å². The van der Waals surface area contributed by atoms with Crippen LogP contribution in [0.3, 0.4) is 0 Å². The average Bonchev–Trinajstić information content (AvgIpc) is 2.80. The molecule has 1 N–H and O–H groups in total. The zero-order chi connectivity index (χ0) is 24.7. The van der Waals surface area contributed by atoms with Crippen molar-refractivity contribution in [1.82, 2.24) is 0 Å². The largest absolute Gasteiger partial charge is 0.490 e. The van der Waals surface area contributed by atoms with Crippen molar-refractivity contribution in [3.05, 3.63) is 91.8 Å². The zero-order valence-corrected chi connectivity index (χ0v) is 21.3. The fourth-order valence-electron chi connectivity index (χ4n) is 3.17. The molecule has 0 spiro atoms. The summed E-state index contributed by atoms with van der Waals surface area (Å²) in [5.41, 5.74) is 3.77. The van der Waals surface area contributed by atoms with E-state index in [0.717, 1.165) is 11.1 Å². The Morgan fingerprint density at radius 3 is 2.56 bits per heavy atom. The zero-order valence-electron chi connectivity index (χ0n) is 19.1. The molecular formula is C27H24FIN2O3. The Bertz CT molecular complexity index is 1280. The van der Waals surface area contributed by atoms with Crippen molar-refractivity contribution in [3.8, 4) is 17.6 Å². The minimum Gasteiger partial charge on any atom is -0.490 e. The Morgan fingerprint density at radius 1 is 1.12 bits per heavy atom. The van der Waals surface area contributed by atoms with Crippen molar-refractivity contribution in [1.29, 1.82) is 5.26 Å². The molecule has 174 valence electrons. The first-order chi connectivity index (χ1) is 16.3. The van der Waals surface area contributed by atoms with Crippen LogP contribution in [0.25, 0.3) is 6.08 Å². The highest BCUT2D eigenvalue weighted by Crippen LogP contribution is 2.35. The number of hydrogen-bond donors (Lipinski definition) is 1. The van der Waals surface area contributed by atoms with Gasteiger partial charge in [0.25, 0.3) is 5.91 Å². The number of benzene rings is 3. The minimum absolute atomic E-state index is 0.0414. The molecule has 0 aliphatic heterocycles. The second-order valence-electron chi connectivity index (χ2n) is 7.57. The number of aryl methyl sites for hydroxylation is 2. The summed E-state index contributed by atoms with van der Waals surface area (Å²) < 4.78 is 26.3. The van der Waals surface area contributed by atoms with Crippen LogP contribution in [0.15, 0.2) is 60.2 Å². The number of amides is 1. The van der Waals surface area contributed by atoms with Gasteiger partial charge in [-0.2, -0.15) is 5.26 Å². The number of carbonyl (C=O) groups excluding carboxylic acids is 1. The van der Waals surface area contributed by atoms with E-state index in [4.69, 9.17) is 9.47 Å². The predicted molar refractivity (Wildman–Crippen MR) is 139 cm³/mol. The van der Waals surface area contributed by atoms with E-state index in [1.54, 1.807) is 36.4 Å². The van der Waals surface area contributed by atoms with Crippen LogP contribution in [-0.2, 0) is 11.4 Å². The number of anilines is 1. The van der Waals surface area contributed by atoms with Gasteiger partial charge in [-0.25, -0.2) is 4.39 Å². The number of nitrogens with zero attached hydrogens (tertiary/aromatic N) is 1. The van der Waals surface area contributed by atoms with Gasteiger partial charge in [0.1, 0.15) is 24.1 Å². The van der Waals surface area contributed by atoms with Gasteiger partial charge in [-0.05, 0) is 96.5 Å². The van der Waals surface area contributed by atoms with Crippen LogP contribution in [-0.4, -0.2) is 12.5 Å². The molecule has 7 heteroatoms. The molecule has 3 aromatic rings.